The zero-order chi connectivity index (χ0) is 47.9. The lowest BCUT2D eigenvalue weighted by Gasteiger charge is -2.71. The Hall–Kier alpha value is -0.800. The Morgan fingerprint density at radius 1 is 0.569 bits per heavy atom. The molecule has 0 aromatic rings. The molecule has 0 amide bonds. The van der Waals surface area contributed by atoms with Crippen LogP contribution in [0.1, 0.15) is 92.9 Å². The molecule has 0 aromatic carbocycles. The molecule has 3 saturated heterocycles. The van der Waals surface area contributed by atoms with Gasteiger partial charge in [-0.25, -0.2) is 0 Å². The summed E-state index contributed by atoms with van der Waals surface area (Å²) in [5.74, 6) is -0.799. The van der Waals surface area contributed by atoms with Gasteiger partial charge in [0.05, 0.1) is 43.7 Å². The van der Waals surface area contributed by atoms with Crippen molar-refractivity contribution in [3.05, 3.63) is 0 Å². The second-order valence-corrected chi connectivity index (χ2v) is 22.1. The molecule has 3 aliphatic heterocycles. The summed E-state index contributed by atoms with van der Waals surface area (Å²) in [4.78, 5) is 0. The van der Waals surface area contributed by atoms with Gasteiger partial charge in [0.2, 0.25) is 0 Å². The molecule has 0 spiro atoms. The predicted molar refractivity (Wildman–Crippen MR) is 223 cm³/mol. The van der Waals surface area contributed by atoms with E-state index in [2.05, 4.69) is 20.8 Å². The molecule has 4 aliphatic carbocycles. The predicted octanol–water partition coefficient (Wildman–Crippen LogP) is -3.03. The average molecular weight is 939 g/mol. The van der Waals surface area contributed by atoms with Crippen LogP contribution in [0.4, 0.5) is 0 Å². The van der Waals surface area contributed by atoms with Crippen LogP contribution in [-0.2, 0) is 28.4 Å². The van der Waals surface area contributed by atoms with Crippen LogP contribution in [0.2, 0.25) is 0 Å². The van der Waals surface area contributed by atoms with E-state index in [0.29, 0.717) is 38.5 Å². The second-order valence-electron chi connectivity index (χ2n) is 22.1. The molecule has 7 fully saturated rings. The number of hydrogen-bond donors (Lipinski definition) is 14. The van der Waals surface area contributed by atoms with Gasteiger partial charge < -0.3 is 99.9 Å². The van der Waals surface area contributed by atoms with Crippen molar-refractivity contribution in [1.29, 1.82) is 0 Å². The van der Waals surface area contributed by atoms with E-state index in [4.69, 9.17) is 28.4 Å². The van der Waals surface area contributed by atoms with Crippen LogP contribution in [0.3, 0.4) is 0 Å². The molecule has 65 heavy (non-hydrogen) atoms. The highest BCUT2D eigenvalue weighted by Crippen LogP contribution is 2.76. The second kappa shape index (κ2) is 19.1. The van der Waals surface area contributed by atoms with Crippen molar-refractivity contribution in [3.63, 3.8) is 0 Å². The Balaban J connectivity index is 1.14. The van der Waals surface area contributed by atoms with Crippen LogP contribution in [-0.4, -0.2) is 214 Å². The van der Waals surface area contributed by atoms with Gasteiger partial charge in [0, 0.05) is 6.61 Å². The van der Waals surface area contributed by atoms with Gasteiger partial charge in [0.25, 0.3) is 0 Å². The SMILES string of the molecule is CC(CCCO)(O[C@@H]1O[C@H](CO)[C@@H](O)[C@H](O)[C@H]1O)[C@H]1CC[C@]2(C)[C@@H]1[C@H](O)CC1[C@@]3(C)C[C@@H](O)[C@H](O[C@@H]4O[C@H](CO)[C@@H](O)[C@H](O)[C@H]4O[C@@H]4O[C@H](CO)[C@@H](O)[C@H](O)[C@H]4O)C(C)(C)C3CC[C@]12C. The molecule has 4 saturated carbocycles. The molecule has 14 N–H and O–H groups in total. The van der Waals surface area contributed by atoms with Crippen LogP contribution in [0.5, 0.6) is 0 Å². The highest BCUT2D eigenvalue weighted by atomic mass is 16.8. The van der Waals surface area contributed by atoms with Crippen LogP contribution >= 0.6 is 0 Å². The first-order chi connectivity index (χ1) is 30.4. The van der Waals surface area contributed by atoms with Crippen molar-refractivity contribution in [2.45, 2.75) is 209 Å². The molecule has 0 aromatic heterocycles. The van der Waals surface area contributed by atoms with Gasteiger partial charge in [-0.2, -0.15) is 0 Å². The highest BCUT2D eigenvalue weighted by Gasteiger charge is 2.73. The molecule has 20 nitrogen and oxygen atoms in total. The van der Waals surface area contributed by atoms with E-state index < -0.39 is 152 Å². The van der Waals surface area contributed by atoms with Gasteiger partial charge in [-0.15, -0.1) is 0 Å². The normalized spacial score (nSPS) is 54.3. The fraction of sp³-hybridized carbons (Fsp3) is 1.00. The van der Waals surface area contributed by atoms with Crippen molar-refractivity contribution in [3.8, 4) is 0 Å². The summed E-state index contributed by atoms with van der Waals surface area (Å²) in [7, 11) is 0. The summed E-state index contributed by atoms with van der Waals surface area (Å²) in [6.45, 7) is 10.3. The molecule has 7 rings (SSSR count). The minimum Gasteiger partial charge on any atom is -0.396 e. The standard InChI is InChI=1S/C45H78O20/c1-41(2)25-9-12-43(4)26(14-20(50)27-19(8-11-44(27,43)5)45(6,10-7-13-46)65-39-35(59)32(56)29(53)23(17-48)61-39)42(25,3)15-21(51)37(41)64-40-36(33(57)30(54)24(18-49)62-40)63-38-34(58)31(55)28(52)22(16-47)60-38/h19-40,46-59H,7-18H2,1-6H3/t19-,20+,21+,22+,23+,24+,25?,26?,27-,28+,29+,30+,31-,32-,33-,34+,35+,36+,37-,38-,39-,40-,42-,43+,44+,45?/m0/s1. The summed E-state index contributed by atoms with van der Waals surface area (Å²) in [5, 5.41) is 151. The Kier molecular flexibility index (Phi) is 15.3. The Morgan fingerprint density at radius 2 is 1.09 bits per heavy atom. The third-order valence-electron chi connectivity index (χ3n) is 18.4. The summed E-state index contributed by atoms with van der Waals surface area (Å²) >= 11 is 0. The molecule has 3 unspecified atom stereocenters. The minimum absolute atomic E-state index is 0.0994. The maximum Gasteiger partial charge on any atom is 0.187 e. The largest absolute Gasteiger partial charge is 0.396 e. The van der Waals surface area contributed by atoms with E-state index in [1.807, 2.05) is 20.8 Å². The Bertz CT molecular complexity index is 1610. The van der Waals surface area contributed by atoms with E-state index in [9.17, 15) is 71.5 Å². The maximum atomic E-state index is 12.5. The third-order valence-corrected chi connectivity index (χ3v) is 18.4. The number of fused-ring (bicyclic) bond motifs is 5. The lowest BCUT2D eigenvalue weighted by Crippen LogP contribution is -2.70. The van der Waals surface area contributed by atoms with Crippen molar-refractivity contribution in [2.75, 3.05) is 26.4 Å². The van der Waals surface area contributed by atoms with Crippen LogP contribution in [0.25, 0.3) is 0 Å². The summed E-state index contributed by atoms with van der Waals surface area (Å²) in [5.41, 5.74) is -3.28. The summed E-state index contributed by atoms with van der Waals surface area (Å²) in [6, 6.07) is 0. The summed E-state index contributed by atoms with van der Waals surface area (Å²) in [6.07, 6.45) is -22.7. The first-order valence-corrected chi connectivity index (χ1v) is 23.6. The molecule has 20 heteroatoms. The van der Waals surface area contributed by atoms with Gasteiger partial charge in [0.1, 0.15) is 73.2 Å². The van der Waals surface area contributed by atoms with Gasteiger partial charge in [-0.1, -0.05) is 34.6 Å². The monoisotopic (exact) mass is 939 g/mol. The zero-order valence-electron chi connectivity index (χ0n) is 38.4. The number of rotatable bonds is 13. The van der Waals surface area contributed by atoms with E-state index in [-0.39, 0.29) is 42.1 Å². The minimum atomic E-state index is -1.85. The molecule has 0 bridgehead atoms. The molecular weight excluding hydrogens is 860 g/mol. The average Bonchev–Trinajstić information content (AvgIpc) is 3.65. The lowest BCUT2D eigenvalue weighted by atomic mass is 9.35. The zero-order valence-corrected chi connectivity index (χ0v) is 38.4. The lowest BCUT2D eigenvalue weighted by molar-refractivity contribution is -0.383. The molecule has 7 aliphatic rings. The summed E-state index contributed by atoms with van der Waals surface area (Å²) < 4.78 is 36.5. The van der Waals surface area contributed by atoms with Gasteiger partial charge in [0.15, 0.2) is 18.9 Å². The first kappa shape index (κ1) is 52.0. The van der Waals surface area contributed by atoms with E-state index >= 15 is 0 Å². The van der Waals surface area contributed by atoms with Crippen molar-refractivity contribution >= 4 is 0 Å². The van der Waals surface area contributed by atoms with E-state index in [1.165, 1.54) is 0 Å². The Morgan fingerprint density at radius 3 is 1.66 bits per heavy atom. The fourth-order valence-electron chi connectivity index (χ4n) is 14.8. The quantitative estimate of drug-likeness (QED) is 0.0817. The van der Waals surface area contributed by atoms with Crippen LogP contribution in [0.15, 0.2) is 0 Å². The smallest absolute Gasteiger partial charge is 0.187 e. The van der Waals surface area contributed by atoms with Crippen LogP contribution in [0, 0.1) is 45.3 Å². The van der Waals surface area contributed by atoms with Crippen molar-refractivity contribution < 1.29 is 99.9 Å². The molecule has 0 radical (unpaired) electrons. The maximum absolute atomic E-state index is 12.5. The van der Waals surface area contributed by atoms with E-state index in [1.54, 1.807) is 0 Å². The van der Waals surface area contributed by atoms with Gasteiger partial charge in [-0.3, -0.25) is 0 Å². The van der Waals surface area contributed by atoms with Crippen molar-refractivity contribution in [2.24, 2.45) is 45.3 Å². The van der Waals surface area contributed by atoms with Crippen molar-refractivity contribution in [1.82, 2.24) is 0 Å². The topological polar surface area (TPSA) is 339 Å². The first-order valence-electron chi connectivity index (χ1n) is 23.6. The molecule has 3 heterocycles. The van der Waals surface area contributed by atoms with Gasteiger partial charge in [-0.05, 0) is 104 Å². The number of hydrogen-bond acceptors (Lipinski definition) is 20. The van der Waals surface area contributed by atoms with Gasteiger partial charge >= 0.3 is 0 Å². The Labute approximate surface area is 380 Å². The number of aliphatic hydroxyl groups excluding tert-OH is 14. The molecule has 26 atom stereocenters. The molecule has 378 valence electrons. The number of aliphatic hydroxyl groups is 14. The fourth-order valence-corrected chi connectivity index (χ4v) is 14.8. The van der Waals surface area contributed by atoms with E-state index in [0.717, 1.165) is 6.42 Å². The molecular formula is C45H78O20. The number of ether oxygens (including phenoxy) is 6. The third kappa shape index (κ3) is 8.47. The highest BCUT2D eigenvalue weighted by molar-refractivity contribution is 5.21. The van der Waals surface area contributed by atoms with Crippen LogP contribution < -0.4 is 0 Å².